The van der Waals surface area contributed by atoms with E-state index in [2.05, 4.69) is 9.88 Å². The summed E-state index contributed by atoms with van der Waals surface area (Å²) in [6.45, 7) is 3.98. The van der Waals surface area contributed by atoms with Crippen LogP contribution in [-0.2, 0) is 9.53 Å². The number of anilines is 3. The molecule has 0 aliphatic carbocycles. The number of piperidine rings is 1. The topological polar surface area (TPSA) is 94.5 Å². The maximum atomic E-state index is 11.5. The summed E-state index contributed by atoms with van der Waals surface area (Å²) in [6, 6.07) is 1.73. The Morgan fingerprint density at radius 3 is 2.75 bits per heavy atom. The Kier molecular flexibility index (Phi) is 4.65. The summed E-state index contributed by atoms with van der Waals surface area (Å²) in [5, 5.41) is 0. The Bertz CT molecular complexity index is 470. The van der Waals surface area contributed by atoms with Gasteiger partial charge in [-0.1, -0.05) is 0 Å². The SMILES string of the molecule is CCOC(=O)CC1CCN(c2ncc(N)cc2N)CC1. The third-order valence-electron chi connectivity index (χ3n) is 3.59. The number of nitrogens with two attached hydrogens (primary N) is 2. The van der Waals surface area contributed by atoms with E-state index in [1.54, 1.807) is 12.3 Å². The van der Waals surface area contributed by atoms with Gasteiger partial charge in [0.25, 0.3) is 0 Å². The van der Waals surface area contributed by atoms with Gasteiger partial charge in [0.15, 0.2) is 5.82 Å². The van der Waals surface area contributed by atoms with E-state index in [9.17, 15) is 4.79 Å². The summed E-state index contributed by atoms with van der Waals surface area (Å²) >= 11 is 0. The first kappa shape index (κ1) is 14.4. The minimum Gasteiger partial charge on any atom is -0.466 e. The zero-order chi connectivity index (χ0) is 14.5. The summed E-state index contributed by atoms with van der Waals surface area (Å²) in [5.74, 6) is 1.07. The van der Waals surface area contributed by atoms with Gasteiger partial charge in [0.2, 0.25) is 0 Å². The Hall–Kier alpha value is -1.98. The van der Waals surface area contributed by atoms with Crippen LogP contribution in [0.4, 0.5) is 17.2 Å². The van der Waals surface area contributed by atoms with Gasteiger partial charge in [-0.25, -0.2) is 4.98 Å². The molecule has 2 heterocycles. The number of nitrogens with zero attached hydrogens (tertiary/aromatic N) is 2. The van der Waals surface area contributed by atoms with Crippen molar-refractivity contribution >= 4 is 23.2 Å². The van der Waals surface area contributed by atoms with Crippen LogP contribution in [0.2, 0.25) is 0 Å². The van der Waals surface area contributed by atoms with Crippen molar-refractivity contribution in [1.82, 2.24) is 4.98 Å². The summed E-state index contributed by atoms with van der Waals surface area (Å²) in [6.07, 6.45) is 4.03. The fourth-order valence-electron chi connectivity index (χ4n) is 2.56. The number of ether oxygens (including phenoxy) is 1. The van der Waals surface area contributed by atoms with Crippen LogP contribution in [0.1, 0.15) is 26.2 Å². The molecular formula is C14H22N4O2. The maximum absolute atomic E-state index is 11.5. The Balaban J connectivity index is 1.89. The molecule has 6 heteroatoms. The van der Waals surface area contributed by atoms with Crippen molar-refractivity contribution in [3.05, 3.63) is 12.3 Å². The van der Waals surface area contributed by atoms with Crippen LogP contribution in [0.15, 0.2) is 12.3 Å². The zero-order valence-electron chi connectivity index (χ0n) is 11.8. The van der Waals surface area contributed by atoms with Crippen LogP contribution in [0, 0.1) is 5.92 Å². The van der Waals surface area contributed by atoms with Gasteiger partial charge in [-0.05, 0) is 31.7 Å². The Labute approximate surface area is 119 Å². The van der Waals surface area contributed by atoms with Gasteiger partial charge in [-0.3, -0.25) is 4.79 Å². The number of nitrogen functional groups attached to an aromatic ring is 2. The quantitative estimate of drug-likeness (QED) is 0.809. The third kappa shape index (κ3) is 3.53. The van der Waals surface area contributed by atoms with E-state index in [4.69, 9.17) is 16.2 Å². The van der Waals surface area contributed by atoms with Crippen LogP contribution in [0.3, 0.4) is 0 Å². The van der Waals surface area contributed by atoms with Crippen LogP contribution < -0.4 is 16.4 Å². The van der Waals surface area contributed by atoms with Crippen LogP contribution >= 0.6 is 0 Å². The second-order valence-electron chi connectivity index (χ2n) is 5.12. The van der Waals surface area contributed by atoms with E-state index in [0.29, 0.717) is 30.3 Å². The Morgan fingerprint density at radius 2 is 2.15 bits per heavy atom. The molecule has 0 amide bonds. The predicted molar refractivity (Wildman–Crippen MR) is 79.2 cm³/mol. The Morgan fingerprint density at radius 1 is 1.45 bits per heavy atom. The average Bonchev–Trinajstić information content (AvgIpc) is 2.40. The van der Waals surface area contributed by atoms with Gasteiger partial charge < -0.3 is 21.1 Å². The molecule has 2 rings (SSSR count). The first-order valence-corrected chi connectivity index (χ1v) is 7.01. The van der Waals surface area contributed by atoms with Gasteiger partial charge >= 0.3 is 5.97 Å². The summed E-state index contributed by atoms with van der Waals surface area (Å²) in [5.41, 5.74) is 12.8. The molecule has 0 atom stereocenters. The first-order valence-electron chi connectivity index (χ1n) is 7.01. The summed E-state index contributed by atoms with van der Waals surface area (Å²) < 4.78 is 4.99. The fourth-order valence-corrected chi connectivity index (χ4v) is 2.56. The molecule has 0 spiro atoms. The van der Waals surface area contributed by atoms with E-state index in [1.807, 2.05) is 6.92 Å². The van der Waals surface area contributed by atoms with Crippen LogP contribution in [0.25, 0.3) is 0 Å². The highest BCUT2D eigenvalue weighted by molar-refractivity contribution is 5.70. The molecule has 1 aromatic heterocycles. The third-order valence-corrected chi connectivity index (χ3v) is 3.59. The normalized spacial score (nSPS) is 16.1. The monoisotopic (exact) mass is 278 g/mol. The van der Waals surface area contributed by atoms with E-state index >= 15 is 0 Å². The van der Waals surface area contributed by atoms with Crippen LogP contribution in [-0.4, -0.2) is 30.6 Å². The van der Waals surface area contributed by atoms with Crippen molar-refractivity contribution < 1.29 is 9.53 Å². The number of aromatic nitrogens is 1. The lowest BCUT2D eigenvalue weighted by Gasteiger charge is -2.33. The lowest BCUT2D eigenvalue weighted by molar-refractivity contribution is -0.144. The lowest BCUT2D eigenvalue weighted by Crippen LogP contribution is -2.35. The minimum absolute atomic E-state index is 0.101. The first-order chi connectivity index (χ1) is 9.60. The number of carbonyl (C=O) groups is 1. The minimum atomic E-state index is -0.101. The predicted octanol–water partition coefficient (Wildman–Crippen LogP) is 1.42. The number of pyridine rings is 1. The van der Waals surface area contributed by atoms with Crippen molar-refractivity contribution in [2.24, 2.45) is 5.92 Å². The molecule has 6 nitrogen and oxygen atoms in total. The maximum Gasteiger partial charge on any atom is 0.306 e. The van der Waals surface area contributed by atoms with Crippen molar-refractivity contribution in [3.63, 3.8) is 0 Å². The molecule has 0 bridgehead atoms. The summed E-state index contributed by atoms with van der Waals surface area (Å²) in [7, 11) is 0. The second-order valence-corrected chi connectivity index (χ2v) is 5.12. The fraction of sp³-hybridized carbons (Fsp3) is 0.571. The molecule has 4 N–H and O–H groups in total. The highest BCUT2D eigenvalue weighted by Crippen LogP contribution is 2.28. The number of rotatable bonds is 4. The number of esters is 1. The molecule has 20 heavy (non-hydrogen) atoms. The highest BCUT2D eigenvalue weighted by Gasteiger charge is 2.23. The molecule has 1 aliphatic heterocycles. The van der Waals surface area contributed by atoms with Gasteiger partial charge in [-0.2, -0.15) is 0 Å². The van der Waals surface area contributed by atoms with Gasteiger partial charge in [0, 0.05) is 19.5 Å². The number of hydrogen-bond acceptors (Lipinski definition) is 6. The van der Waals surface area contributed by atoms with Gasteiger partial charge in [-0.15, -0.1) is 0 Å². The molecule has 0 radical (unpaired) electrons. The van der Waals surface area contributed by atoms with Crippen molar-refractivity contribution in [2.45, 2.75) is 26.2 Å². The molecule has 0 unspecified atom stereocenters. The lowest BCUT2D eigenvalue weighted by atomic mass is 9.93. The number of hydrogen-bond donors (Lipinski definition) is 2. The largest absolute Gasteiger partial charge is 0.466 e. The molecular weight excluding hydrogens is 256 g/mol. The van der Waals surface area contributed by atoms with Crippen molar-refractivity contribution in [1.29, 1.82) is 0 Å². The summed E-state index contributed by atoms with van der Waals surface area (Å²) in [4.78, 5) is 17.9. The zero-order valence-corrected chi connectivity index (χ0v) is 11.8. The molecule has 110 valence electrons. The van der Waals surface area contributed by atoms with Gasteiger partial charge in [0.1, 0.15) is 0 Å². The van der Waals surface area contributed by atoms with Crippen molar-refractivity contribution in [2.75, 3.05) is 36.1 Å². The molecule has 1 fully saturated rings. The van der Waals surface area contributed by atoms with E-state index in [0.717, 1.165) is 31.7 Å². The van der Waals surface area contributed by atoms with E-state index in [1.165, 1.54) is 0 Å². The van der Waals surface area contributed by atoms with Crippen molar-refractivity contribution in [3.8, 4) is 0 Å². The molecule has 0 aromatic carbocycles. The number of carbonyl (C=O) groups excluding carboxylic acids is 1. The van der Waals surface area contributed by atoms with E-state index < -0.39 is 0 Å². The molecule has 1 aliphatic rings. The molecule has 0 saturated carbocycles. The average molecular weight is 278 g/mol. The smallest absolute Gasteiger partial charge is 0.306 e. The van der Waals surface area contributed by atoms with Crippen LogP contribution in [0.5, 0.6) is 0 Å². The van der Waals surface area contributed by atoms with Gasteiger partial charge in [0.05, 0.1) is 24.2 Å². The van der Waals surface area contributed by atoms with E-state index in [-0.39, 0.29) is 5.97 Å². The molecule has 1 saturated heterocycles. The standard InChI is InChI=1S/C14H22N4O2/c1-2-20-13(19)7-10-3-5-18(6-4-10)14-12(16)8-11(15)9-17-14/h8-10H,2-7,15-16H2,1H3. The highest BCUT2D eigenvalue weighted by atomic mass is 16.5. The molecule has 1 aromatic rings. The second kappa shape index (κ2) is 6.45.